The normalized spacial score (nSPS) is 24.3. The van der Waals surface area contributed by atoms with Crippen LogP contribution >= 0.6 is 0 Å². The van der Waals surface area contributed by atoms with Crippen LogP contribution < -0.4 is 4.72 Å². The molecule has 0 aliphatic carbocycles. The van der Waals surface area contributed by atoms with Crippen LogP contribution in [-0.2, 0) is 19.6 Å². The Kier molecular flexibility index (Phi) is 5.75. The van der Waals surface area contributed by atoms with Crippen molar-refractivity contribution in [2.75, 3.05) is 19.3 Å². The van der Waals surface area contributed by atoms with Crippen molar-refractivity contribution in [1.82, 2.24) is 9.62 Å². The molecule has 1 unspecified atom stereocenters. The number of sulfonamides is 1. The van der Waals surface area contributed by atoms with Crippen LogP contribution in [0.15, 0.2) is 0 Å². The quantitative estimate of drug-likeness (QED) is 0.724. The third-order valence-corrected chi connectivity index (χ3v) is 4.32. The van der Waals surface area contributed by atoms with Crippen molar-refractivity contribution in [2.24, 2.45) is 17.8 Å². The second-order valence-electron chi connectivity index (χ2n) is 6.24. The standard InChI is InChI=1S/C13H24N2O5S/c1-8(2)5-11(14-21(4,19)20)12(16)15-6-9(3)10(7-15)13(17)18/h8-11,14H,5-7H2,1-4H3,(H,17,18)/t9-,10-,11?/m1/s1. The molecule has 0 saturated carbocycles. The SMILES string of the molecule is CC(C)CC(NS(C)(=O)=O)C(=O)N1C[C@@H](C)[C@H](C(=O)O)C1. The molecule has 0 spiro atoms. The molecular weight excluding hydrogens is 296 g/mol. The zero-order valence-corrected chi connectivity index (χ0v) is 13.7. The first-order valence-corrected chi connectivity index (χ1v) is 8.89. The number of carboxylic acids is 1. The van der Waals surface area contributed by atoms with Crippen molar-refractivity contribution in [3.63, 3.8) is 0 Å². The van der Waals surface area contributed by atoms with E-state index in [1.807, 2.05) is 13.8 Å². The van der Waals surface area contributed by atoms with Gasteiger partial charge in [0.15, 0.2) is 0 Å². The van der Waals surface area contributed by atoms with E-state index in [1.54, 1.807) is 6.92 Å². The monoisotopic (exact) mass is 320 g/mol. The molecule has 0 bridgehead atoms. The van der Waals surface area contributed by atoms with Crippen molar-refractivity contribution in [3.8, 4) is 0 Å². The Hall–Kier alpha value is -1.15. The van der Waals surface area contributed by atoms with Crippen LogP contribution in [0.3, 0.4) is 0 Å². The van der Waals surface area contributed by atoms with E-state index >= 15 is 0 Å². The highest BCUT2D eigenvalue weighted by Gasteiger charge is 2.39. The van der Waals surface area contributed by atoms with E-state index in [4.69, 9.17) is 5.11 Å². The molecule has 7 nitrogen and oxygen atoms in total. The predicted molar refractivity (Wildman–Crippen MR) is 78.1 cm³/mol. The topological polar surface area (TPSA) is 104 Å². The molecule has 2 N–H and O–H groups in total. The van der Waals surface area contributed by atoms with Gasteiger partial charge in [-0.15, -0.1) is 0 Å². The van der Waals surface area contributed by atoms with Crippen LogP contribution in [-0.4, -0.2) is 55.7 Å². The van der Waals surface area contributed by atoms with Gasteiger partial charge in [-0.25, -0.2) is 13.1 Å². The molecule has 21 heavy (non-hydrogen) atoms. The number of carbonyl (C=O) groups is 2. The Bertz CT molecular complexity index is 503. The van der Waals surface area contributed by atoms with E-state index in [9.17, 15) is 18.0 Å². The molecule has 1 fully saturated rings. The third kappa shape index (κ3) is 5.28. The minimum Gasteiger partial charge on any atom is -0.481 e. The number of carbonyl (C=O) groups excluding carboxylic acids is 1. The Balaban J connectivity index is 2.84. The van der Waals surface area contributed by atoms with Gasteiger partial charge in [-0.3, -0.25) is 9.59 Å². The summed E-state index contributed by atoms with van der Waals surface area (Å²) in [6, 6.07) is -0.834. The van der Waals surface area contributed by atoms with Crippen molar-refractivity contribution >= 4 is 21.9 Å². The predicted octanol–water partition coefficient (Wildman–Crippen LogP) is 0.129. The number of hydrogen-bond donors (Lipinski definition) is 2. The molecule has 1 saturated heterocycles. The summed E-state index contributed by atoms with van der Waals surface area (Å²) in [5, 5.41) is 9.10. The fourth-order valence-corrected chi connectivity index (χ4v) is 3.33. The number of rotatable bonds is 6. The Morgan fingerprint density at radius 2 is 1.90 bits per heavy atom. The van der Waals surface area contributed by atoms with Gasteiger partial charge >= 0.3 is 5.97 Å². The largest absolute Gasteiger partial charge is 0.481 e. The number of aliphatic carboxylic acids is 1. The maximum Gasteiger partial charge on any atom is 0.308 e. The van der Waals surface area contributed by atoms with Gasteiger partial charge in [0.2, 0.25) is 15.9 Å². The first-order valence-electron chi connectivity index (χ1n) is 7.00. The molecule has 1 rings (SSSR count). The number of hydrogen-bond acceptors (Lipinski definition) is 4. The Morgan fingerprint density at radius 3 is 2.29 bits per heavy atom. The van der Waals surface area contributed by atoms with Gasteiger partial charge in [0.05, 0.1) is 12.2 Å². The number of carboxylic acid groups (broad SMARTS) is 1. The average molecular weight is 320 g/mol. The van der Waals surface area contributed by atoms with Crippen LogP contribution in [0.25, 0.3) is 0 Å². The minimum absolute atomic E-state index is 0.134. The lowest BCUT2D eigenvalue weighted by atomic mass is 9.99. The summed E-state index contributed by atoms with van der Waals surface area (Å²) < 4.78 is 25.2. The van der Waals surface area contributed by atoms with E-state index < -0.39 is 28.0 Å². The number of likely N-dealkylation sites (tertiary alicyclic amines) is 1. The highest BCUT2D eigenvalue weighted by atomic mass is 32.2. The van der Waals surface area contributed by atoms with Crippen LogP contribution in [0, 0.1) is 17.8 Å². The van der Waals surface area contributed by atoms with Crippen LogP contribution in [0.4, 0.5) is 0 Å². The van der Waals surface area contributed by atoms with E-state index in [2.05, 4.69) is 4.72 Å². The molecule has 0 aromatic heterocycles. The van der Waals surface area contributed by atoms with Crippen molar-refractivity contribution in [1.29, 1.82) is 0 Å². The highest BCUT2D eigenvalue weighted by molar-refractivity contribution is 7.88. The molecule has 1 aliphatic rings. The second kappa shape index (κ2) is 6.74. The second-order valence-corrected chi connectivity index (χ2v) is 8.02. The van der Waals surface area contributed by atoms with Gasteiger partial charge in [-0.2, -0.15) is 0 Å². The van der Waals surface area contributed by atoms with E-state index in [1.165, 1.54) is 4.90 Å². The van der Waals surface area contributed by atoms with Gasteiger partial charge in [0.25, 0.3) is 0 Å². The fourth-order valence-electron chi connectivity index (χ4n) is 2.62. The molecule has 1 heterocycles. The minimum atomic E-state index is -3.50. The van der Waals surface area contributed by atoms with Gasteiger partial charge in [-0.05, 0) is 18.3 Å². The molecular formula is C13H24N2O5S. The maximum atomic E-state index is 12.5. The lowest BCUT2D eigenvalue weighted by Gasteiger charge is -2.24. The number of nitrogens with one attached hydrogen (secondary N) is 1. The zero-order valence-electron chi connectivity index (χ0n) is 12.9. The summed E-state index contributed by atoms with van der Waals surface area (Å²) in [6.07, 6.45) is 1.40. The summed E-state index contributed by atoms with van der Waals surface area (Å²) in [6.45, 7) is 6.06. The Morgan fingerprint density at radius 1 is 1.33 bits per heavy atom. The van der Waals surface area contributed by atoms with E-state index in [-0.39, 0.29) is 24.3 Å². The van der Waals surface area contributed by atoms with E-state index in [0.717, 1.165) is 6.26 Å². The van der Waals surface area contributed by atoms with Crippen molar-refractivity contribution in [3.05, 3.63) is 0 Å². The summed E-state index contributed by atoms with van der Waals surface area (Å²) >= 11 is 0. The first kappa shape index (κ1) is 17.9. The summed E-state index contributed by atoms with van der Waals surface area (Å²) in [5.74, 6) is -1.85. The van der Waals surface area contributed by atoms with Gasteiger partial charge in [0.1, 0.15) is 6.04 Å². The highest BCUT2D eigenvalue weighted by Crippen LogP contribution is 2.24. The van der Waals surface area contributed by atoms with Crippen molar-refractivity contribution in [2.45, 2.75) is 33.2 Å². The van der Waals surface area contributed by atoms with Gasteiger partial charge in [0, 0.05) is 13.1 Å². The third-order valence-electron chi connectivity index (χ3n) is 3.60. The summed E-state index contributed by atoms with van der Waals surface area (Å²) in [7, 11) is -3.50. The molecule has 1 aliphatic heterocycles. The summed E-state index contributed by atoms with van der Waals surface area (Å²) in [4.78, 5) is 25.0. The fraction of sp³-hybridized carbons (Fsp3) is 0.846. The molecule has 1 amide bonds. The average Bonchev–Trinajstić information content (AvgIpc) is 2.67. The van der Waals surface area contributed by atoms with Crippen molar-refractivity contribution < 1.29 is 23.1 Å². The van der Waals surface area contributed by atoms with Crippen LogP contribution in [0.2, 0.25) is 0 Å². The lowest BCUT2D eigenvalue weighted by Crippen LogP contribution is -2.48. The maximum absolute atomic E-state index is 12.5. The first-order chi connectivity index (χ1) is 9.51. The van der Waals surface area contributed by atoms with E-state index in [0.29, 0.717) is 13.0 Å². The zero-order chi connectivity index (χ0) is 16.4. The summed E-state index contributed by atoms with van der Waals surface area (Å²) in [5.41, 5.74) is 0. The molecule has 0 aromatic rings. The number of nitrogens with zero attached hydrogens (tertiary/aromatic N) is 1. The molecule has 0 aromatic carbocycles. The lowest BCUT2D eigenvalue weighted by molar-refractivity contribution is -0.142. The Labute approximate surface area is 125 Å². The molecule has 0 radical (unpaired) electrons. The van der Waals surface area contributed by atoms with Gasteiger partial charge in [-0.1, -0.05) is 20.8 Å². The van der Waals surface area contributed by atoms with Crippen LogP contribution in [0.5, 0.6) is 0 Å². The van der Waals surface area contributed by atoms with Gasteiger partial charge < -0.3 is 10.0 Å². The number of amides is 1. The molecule has 122 valence electrons. The van der Waals surface area contributed by atoms with Crippen LogP contribution in [0.1, 0.15) is 27.2 Å². The smallest absolute Gasteiger partial charge is 0.308 e. The molecule has 8 heteroatoms. The molecule has 3 atom stereocenters.